The molecule has 0 bridgehead atoms. The average Bonchev–Trinajstić information content (AvgIpc) is 2.53. The zero-order chi connectivity index (χ0) is 15.9. The predicted molar refractivity (Wildman–Crippen MR) is 84.7 cm³/mol. The molecule has 0 aliphatic carbocycles. The molecule has 4 heteroatoms. The Hall–Kier alpha value is -2.33. The number of hydrogen-bond acceptors (Lipinski definition) is 3. The molecule has 4 nitrogen and oxygen atoms in total. The number of para-hydroxylation sites is 1. The summed E-state index contributed by atoms with van der Waals surface area (Å²) in [6, 6.07) is 16.8. The van der Waals surface area contributed by atoms with Crippen molar-refractivity contribution in [2.45, 2.75) is 26.4 Å². The van der Waals surface area contributed by atoms with Crippen LogP contribution < -0.4 is 10.2 Å². The van der Waals surface area contributed by atoms with Gasteiger partial charge in [-0.05, 0) is 24.0 Å². The normalized spacial score (nSPS) is 12.0. The summed E-state index contributed by atoms with van der Waals surface area (Å²) in [4.78, 5) is 12.0. The van der Waals surface area contributed by atoms with E-state index in [0.29, 0.717) is 17.2 Å². The van der Waals surface area contributed by atoms with Crippen molar-refractivity contribution >= 4 is 5.91 Å². The van der Waals surface area contributed by atoms with Crippen molar-refractivity contribution in [3.8, 4) is 5.75 Å². The van der Waals surface area contributed by atoms with Crippen molar-refractivity contribution in [1.29, 1.82) is 0 Å². The summed E-state index contributed by atoms with van der Waals surface area (Å²) < 4.78 is 5.91. The van der Waals surface area contributed by atoms with Gasteiger partial charge in [0.25, 0.3) is 5.91 Å². The summed E-state index contributed by atoms with van der Waals surface area (Å²) in [6.07, 6.45) is -0.0298. The standard InChI is InChI=1S/C18H21NO3/c1-13(2)12-15-10-6-7-11-16(15)22-17(18(20)19-21)14-8-4-3-5-9-14/h3-11,13,17,21H,12H2,1-2H3,(H,19,20). The minimum Gasteiger partial charge on any atom is -0.475 e. The molecule has 1 amide bonds. The van der Waals surface area contributed by atoms with E-state index in [9.17, 15) is 4.79 Å². The van der Waals surface area contributed by atoms with Crippen molar-refractivity contribution in [2.24, 2.45) is 5.92 Å². The molecule has 0 spiro atoms. The Labute approximate surface area is 130 Å². The predicted octanol–water partition coefficient (Wildman–Crippen LogP) is 3.51. The Bertz CT molecular complexity index is 611. The highest BCUT2D eigenvalue weighted by Crippen LogP contribution is 2.27. The topological polar surface area (TPSA) is 58.6 Å². The van der Waals surface area contributed by atoms with E-state index in [2.05, 4.69) is 13.8 Å². The summed E-state index contributed by atoms with van der Waals surface area (Å²) in [6.45, 7) is 4.26. The number of hydrogen-bond donors (Lipinski definition) is 2. The molecule has 0 saturated heterocycles. The van der Waals surface area contributed by atoms with E-state index < -0.39 is 12.0 Å². The first-order valence-corrected chi connectivity index (χ1v) is 7.35. The monoisotopic (exact) mass is 299 g/mol. The summed E-state index contributed by atoms with van der Waals surface area (Å²) in [5.74, 6) is 0.547. The average molecular weight is 299 g/mol. The maximum atomic E-state index is 12.0. The van der Waals surface area contributed by atoms with Gasteiger partial charge in [-0.3, -0.25) is 10.0 Å². The molecule has 22 heavy (non-hydrogen) atoms. The quantitative estimate of drug-likeness (QED) is 0.634. The maximum Gasteiger partial charge on any atom is 0.289 e. The molecule has 2 rings (SSSR count). The summed E-state index contributed by atoms with van der Waals surface area (Å²) in [5, 5.41) is 8.98. The second kappa shape index (κ2) is 7.61. The van der Waals surface area contributed by atoms with E-state index in [1.54, 1.807) is 17.6 Å². The molecule has 2 aromatic carbocycles. The van der Waals surface area contributed by atoms with E-state index in [4.69, 9.17) is 9.94 Å². The number of carbonyl (C=O) groups excluding carboxylic acids is 1. The molecule has 0 heterocycles. The lowest BCUT2D eigenvalue weighted by atomic mass is 10.0. The van der Waals surface area contributed by atoms with Gasteiger partial charge in [0, 0.05) is 5.56 Å². The van der Waals surface area contributed by atoms with Gasteiger partial charge in [0.15, 0.2) is 0 Å². The molecule has 0 aliphatic rings. The van der Waals surface area contributed by atoms with Crippen LogP contribution in [0.3, 0.4) is 0 Å². The Balaban J connectivity index is 2.30. The second-order valence-corrected chi connectivity index (χ2v) is 5.59. The van der Waals surface area contributed by atoms with Gasteiger partial charge in [0.1, 0.15) is 5.75 Å². The number of rotatable bonds is 6. The minimum atomic E-state index is -0.889. The van der Waals surface area contributed by atoms with Crippen LogP contribution in [0.25, 0.3) is 0 Å². The summed E-state index contributed by atoms with van der Waals surface area (Å²) in [5.41, 5.74) is 3.41. The van der Waals surface area contributed by atoms with Crippen LogP contribution in [-0.4, -0.2) is 11.1 Å². The fraction of sp³-hybridized carbons (Fsp3) is 0.278. The van der Waals surface area contributed by atoms with Gasteiger partial charge in [0.2, 0.25) is 6.10 Å². The molecule has 0 aromatic heterocycles. The third-order valence-electron chi connectivity index (χ3n) is 3.30. The number of carbonyl (C=O) groups is 1. The van der Waals surface area contributed by atoms with Crippen molar-refractivity contribution in [2.75, 3.05) is 0 Å². The van der Waals surface area contributed by atoms with Crippen LogP contribution in [-0.2, 0) is 11.2 Å². The highest BCUT2D eigenvalue weighted by Gasteiger charge is 2.23. The number of nitrogens with one attached hydrogen (secondary N) is 1. The Morgan fingerprint density at radius 3 is 2.36 bits per heavy atom. The third kappa shape index (κ3) is 4.09. The van der Waals surface area contributed by atoms with E-state index in [1.807, 2.05) is 42.5 Å². The van der Waals surface area contributed by atoms with Gasteiger partial charge in [-0.25, -0.2) is 5.48 Å². The van der Waals surface area contributed by atoms with Crippen molar-refractivity contribution in [3.63, 3.8) is 0 Å². The zero-order valence-electron chi connectivity index (χ0n) is 12.8. The number of amides is 1. The SMILES string of the molecule is CC(C)Cc1ccccc1OC(C(=O)NO)c1ccccc1. The number of ether oxygens (including phenoxy) is 1. The Kier molecular flexibility index (Phi) is 5.55. The van der Waals surface area contributed by atoms with Gasteiger partial charge in [0.05, 0.1) is 0 Å². The van der Waals surface area contributed by atoms with Crippen LogP contribution in [0, 0.1) is 5.92 Å². The lowest BCUT2D eigenvalue weighted by molar-refractivity contribution is -0.136. The fourth-order valence-corrected chi connectivity index (χ4v) is 2.31. The van der Waals surface area contributed by atoms with Crippen LogP contribution in [0.5, 0.6) is 5.75 Å². The van der Waals surface area contributed by atoms with E-state index in [1.165, 1.54) is 0 Å². The number of benzene rings is 2. The van der Waals surface area contributed by atoms with E-state index in [0.717, 1.165) is 12.0 Å². The summed E-state index contributed by atoms with van der Waals surface area (Å²) in [7, 11) is 0. The molecule has 1 atom stereocenters. The molecule has 0 saturated carbocycles. The van der Waals surface area contributed by atoms with E-state index in [-0.39, 0.29) is 0 Å². The lowest BCUT2D eigenvalue weighted by Gasteiger charge is -2.20. The largest absolute Gasteiger partial charge is 0.475 e. The first kappa shape index (κ1) is 16.0. The molecule has 2 N–H and O–H groups in total. The summed E-state index contributed by atoms with van der Waals surface area (Å²) >= 11 is 0. The van der Waals surface area contributed by atoms with E-state index >= 15 is 0 Å². The Morgan fingerprint density at radius 2 is 1.73 bits per heavy atom. The Morgan fingerprint density at radius 1 is 1.09 bits per heavy atom. The molecule has 0 aliphatic heterocycles. The van der Waals surface area contributed by atoms with Crippen LogP contribution in [0.4, 0.5) is 0 Å². The zero-order valence-corrected chi connectivity index (χ0v) is 12.8. The van der Waals surface area contributed by atoms with Crippen LogP contribution in [0.2, 0.25) is 0 Å². The highest BCUT2D eigenvalue weighted by atomic mass is 16.5. The number of hydroxylamine groups is 1. The van der Waals surface area contributed by atoms with Gasteiger partial charge in [-0.1, -0.05) is 62.4 Å². The van der Waals surface area contributed by atoms with Gasteiger partial charge in [-0.15, -0.1) is 0 Å². The fourth-order valence-electron chi connectivity index (χ4n) is 2.31. The molecule has 116 valence electrons. The molecular formula is C18H21NO3. The van der Waals surface area contributed by atoms with Crippen LogP contribution in [0.1, 0.15) is 31.1 Å². The molecule has 2 aromatic rings. The second-order valence-electron chi connectivity index (χ2n) is 5.59. The minimum absolute atomic E-state index is 0.478. The van der Waals surface area contributed by atoms with Crippen molar-refractivity contribution in [1.82, 2.24) is 5.48 Å². The van der Waals surface area contributed by atoms with Gasteiger partial charge < -0.3 is 4.74 Å². The van der Waals surface area contributed by atoms with Crippen LogP contribution >= 0.6 is 0 Å². The first-order valence-electron chi connectivity index (χ1n) is 7.35. The van der Waals surface area contributed by atoms with Crippen molar-refractivity contribution < 1.29 is 14.7 Å². The van der Waals surface area contributed by atoms with Crippen LogP contribution in [0.15, 0.2) is 54.6 Å². The molecule has 0 fully saturated rings. The van der Waals surface area contributed by atoms with Gasteiger partial charge in [-0.2, -0.15) is 0 Å². The molecule has 1 unspecified atom stereocenters. The van der Waals surface area contributed by atoms with Crippen molar-refractivity contribution in [3.05, 3.63) is 65.7 Å². The maximum absolute atomic E-state index is 12.0. The molecule has 0 radical (unpaired) electrons. The lowest BCUT2D eigenvalue weighted by Crippen LogP contribution is -2.30. The highest BCUT2D eigenvalue weighted by molar-refractivity contribution is 5.81. The van der Waals surface area contributed by atoms with Gasteiger partial charge >= 0.3 is 0 Å². The molecular weight excluding hydrogens is 278 g/mol. The first-order chi connectivity index (χ1) is 10.6. The smallest absolute Gasteiger partial charge is 0.289 e. The third-order valence-corrected chi connectivity index (χ3v) is 3.30.